The molecule has 0 atom stereocenters. The third-order valence-electron chi connectivity index (χ3n) is 2.70. The molecule has 1 fully saturated rings. The molecule has 0 spiro atoms. The molecular formula is C13H20FN3O2. The monoisotopic (exact) mass is 269 g/mol. The van der Waals surface area contributed by atoms with Crippen LogP contribution in [0.3, 0.4) is 0 Å². The number of nitrogens with two attached hydrogens (primary N) is 1. The third kappa shape index (κ3) is 5.13. The van der Waals surface area contributed by atoms with Gasteiger partial charge in [-0.25, -0.2) is 9.18 Å². The highest BCUT2D eigenvalue weighted by Gasteiger charge is 2.15. The van der Waals surface area contributed by atoms with Crippen LogP contribution in [-0.2, 0) is 4.74 Å². The van der Waals surface area contributed by atoms with E-state index in [4.69, 9.17) is 5.73 Å². The van der Waals surface area contributed by atoms with E-state index in [1.54, 1.807) is 17.0 Å². The first-order chi connectivity index (χ1) is 9.04. The van der Waals surface area contributed by atoms with E-state index >= 15 is 0 Å². The van der Waals surface area contributed by atoms with E-state index < -0.39 is 0 Å². The molecule has 3 N–H and O–H groups in total. The van der Waals surface area contributed by atoms with Gasteiger partial charge in [0.1, 0.15) is 5.82 Å². The van der Waals surface area contributed by atoms with Crippen LogP contribution in [0.15, 0.2) is 18.2 Å². The smallest absolute Gasteiger partial charge is 0.409 e. The maximum absolute atomic E-state index is 12.4. The molecule has 0 unspecified atom stereocenters. The molecule has 1 aliphatic heterocycles. The summed E-state index contributed by atoms with van der Waals surface area (Å²) in [5, 5.41) is 3.14. The molecule has 1 aromatic rings. The molecule has 1 aromatic carbocycles. The minimum Gasteiger partial charge on any atom is -0.453 e. The first-order valence-electron chi connectivity index (χ1n) is 6.10. The van der Waals surface area contributed by atoms with Crippen LogP contribution in [0.4, 0.5) is 14.9 Å². The fraction of sp³-hybridized carbons (Fsp3) is 0.462. The van der Waals surface area contributed by atoms with Gasteiger partial charge in [0.2, 0.25) is 0 Å². The number of ether oxygens (including phenoxy) is 1. The maximum atomic E-state index is 12.4. The molecule has 0 radical (unpaired) electrons. The van der Waals surface area contributed by atoms with Gasteiger partial charge in [-0.3, -0.25) is 0 Å². The van der Waals surface area contributed by atoms with Crippen LogP contribution in [0.5, 0.6) is 0 Å². The van der Waals surface area contributed by atoms with Crippen molar-refractivity contribution in [2.24, 2.45) is 0 Å². The number of nitrogen functional groups attached to an aromatic ring is 1. The summed E-state index contributed by atoms with van der Waals surface area (Å²) in [5.74, 6) is -0.347. The molecule has 0 saturated carbocycles. The van der Waals surface area contributed by atoms with Crippen LogP contribution in [-0.4, -0.2) is 44.3 Å². The normalized spacial score (nSPS) is 14.4. The number of hydrogen-bond acceptors (Lipinski definition) is 4. The van der Waals surface area contributed by atoms with E-state index in [2.05, 4.69) is 10.1 Å². The summed E-state index contributed by atoms with van der Waals surface area (Å²) in [5.41, 5.74) is 6.44. The Labute approximate surface area is 112 Å². The number of piperazine rings is 1. The summed E-state index contributed by atoms with van der Waals surface area (Å²) >= 11 is 0. The van der Waals surface area contributed by atoms with Gasteiger partial charge < -0.3 is 20.7 Å². The van der Waals surface area contributed by atoms with Gasteiger partial charge >= 0.3 is 6.09 Å². The largest absolute Gasteiger partial charge is 0.453 e. The van der Waals surface area contributed by atoms with Gasteiger partial charge in [-0.2, -0.15) is 0 Å². The second-order valence-corrected chi connectivity index (χ2v) is 4.23. The van der Waals surface area contributed by atoms with Gasteiger partial charge in [0, 0.05) is 26.2 Å². The molecule has 1 aliphatic rings. The van der Waals surface area contributed by atoms with E-state index in [-0.39, 0.29) is 17.6 Å². The Morgan fingerprint density at radius 1 is 1.42 bits per heavy atom. The second kappa shape index (κ2) is 7.58. The van der Waals surface area contributed by atoms with Crippen LogP contribution in [0.1, 0.15) is 5.56 Å². The van der Waals surface area contributed by atoms with Crippen LogP contribution in [0.2, 0.25) is 0 Å². The Bertz CT molecular complexity index is 420. The van der Waals surface area contributed by atoms with Crippen LogP contribution >= 0.6 is 0 Å². The number of benzene rings is 1. The molecule has 1 saturated heterocycles. The van der Waals surface area contributed by atoms with Crippen molar-refractivity contribution in [1.29, 1.82) is 0 Å². The molecule has 6 heteroatoms. The van der Waals surface area contributed by atoms with Crippen LogP contribution < -0.4 is 11.1 Å². The summed E-state index contributed by atoms with van der Waals surface area (Å²) in [6.45, 7) is 5.12. The SMILES string of the molecule is COC(=O)N1CCNCC1.Cc1ccc(F)c(N)c1. The molecular weight excluding hydrogens is 249 g/mol. The topological polar surface area (TPSA) is 67.6 Å². The lowest BCUT2D eigenvalue weighted by Gasteiger charge is -2.25. The first kappa shape index (κ1) is 15.2. The summed E-state index contributed by atoms with van der Waals surface area (Å²) in [6.07, 6.45) is -0.221. The molecule has 1 amide bonds. The number of anilines is 1. The van der Waals surface area contributed by atoms with Crippen LogP contribution in [0, 0.1) is 12.7 Å². The Morgan fingerprint density at radius 2 is 2.05 bits per heavy atom. The average Bonchev–Trinajstić information content (AvgIpc) is 2.44. The number of amides is 1. The zero-order valence-electron chi connectivity index (χ0n) is 11.3. The summed E-state index contributed by atoms with van der Waals surface area (Å²) in [7, 11) is 1.41. The molecule has 1 heterocycles. The van der Waals surface area contributed by atoms with Gasteiger partial charge in [0.05, 0.1) is 12.8 Å². The predicted octanol–water partition coefficient (Wildman–Crippen LogP) is 1.37. The number of methoxy groups -OCH3 is 1. The first-order valence-corrected chi connectivity index (χ1v) is 6.10. The zero-order chi connectivity index (χ0) is 14.3. The number of aryl methyl sites for hydroxylation is 1. The van der Waals surface area contributed by atoms with E-state index in [1.807, 2.05) is 6.92 Å². The number of hydrogen-bond donors (Lipinski definition) is 2. The third-order valence-corrected chi connectivity index (χ3v) is 2.70. The lowest BCUT2D eigenvalue weighted by Crippen LogP contribution is -2.46. The summed E-state index contributed by atoms with van der Waals surface area (Å²) in [6, 6.07) is 4.66. The van der Waals surface area contributed by atoms with Crippen molar-refractivity contribution in [3.63, 3.8) is 0 Å². The standard InChI is InChI=1S/C7H8FN.C6H12N2O2/c1-5-2-3-6(8)7(9)4-5;1-10-6(9)8-4-2-7-3-5-8/h2-4H,9H2,1H3;7H,2-5H2,1H3. The zero-order valence-corrected chi connectivity index (χ0v) is 11.3. The summed E-state index contributed by atoms with van der Waals surface area (Å²) < 4.78 is 16.9. The number of nitrogens with one attached hydrogen (secondary N) is 1. The molecule has 106 valence electrons. The van der Waals surface area contributed by atoms with E-state index in [0.717, 1.165) is 31.7 Å². The average molecular weight is 269 g/mol. The number of nitrogens with zero attached hydrogens (tertiary/aromatic N) is 1. The van der Waals surface area contributed by atoms with E-state index in [1.165, 1.54) is 13.2 Å². The maximum Gasteiger partial charge on any atom is 0.409 e. The number of rotatable bonds is 0. The Kier molecular flexibility index (Phi) is 6.08. The molecule has 2 rings (SSSR count). The Balaban J connectivity index is 0.000000191. The highest BCUT2D eigenvalue weighted by atomic mass is 19.1. The molecule has 19 heavy (non-hydrogen) atoms. The van der Waals surface area contributed by atoms with Crippen molar-refractivity contribution in [3.8, 4) is 0 Å². The lowest BCUT2D eigenvalue weighted by molar-refractivity contribution is 0.118. The number of halogens is 1. The van der Waals surface area contributed by atoms with Crippen molar-refractivity contribution in [3.05, 3.63) is 29.6 Å². The highest BCUT2D eigenvalue weighted by molar-refractivity contribution is 5.67. The quantitative estimate of drug-likeness (QED) is 0.698. The van der Waals surface area contributed by atoms with Crippen molar-refractivity contribution in [2.45, 2.75) is 6.92 Å². The highest BCUT2D eigenvalue weighted by Crippen LogP contribution is 2.10. The van der Waals surface area contributed by atoms with Crippen molar-refractivity contribution in [2.75, 3.05) is 39.0 Å². The minimum atomic E-state index is -0.347. The van der Waals surface area contributed by atoms with Gasteiger partial charge in [-0.05, 0) is 24.6 Å². The fourth-order valence-electron chi connectivity index (χ4n) is 1.64. The van der Waals surface area contributed by atoms with E-state index in [0.29, 0.717) is 0 Å². The van der Waals surface area contributed by atoms with E-state index in [9.17, 15) is 9.18 Å². The fourth-order valence-corrected chi connectivity index (χ4v) is 1.64. The summed E-state index contributed by atoms with van der Waals surface area (Å²) in [4.78, 5) is 12.5. The second-order valence-electron chi connectivity index (χ2n) is 4.23. The van der Waals surface area contributed by atoms with Gasteiger partial charge in [-0.1, -0.05) is 6.07 Å². The molecule has 0 bridgehead atoms. The predicted molar refractivity (Wildman–Crippen MR) is 72.4 cm³/mol. The Morgan fingerprint density at radius 3 is 2.53 bits per heavy atom. The van der Waals surface area contributed by atoms with Gasteiger partial charge in [-0.15, -0.1) is 0 Å². The Hall–Kier alpha value is -1.82. The van der Waals surface area contributed by atoms with Crippen LogP contribution in [0.25, 0.3) is 0 Å². The lowest BCUT2D eigenvalue weighted by atomic mass is 10.2. The van der Waals surface area contributed by atoms with Crippen molar-refractivity contribution >= 4 is 11.8 Å². The minimum absolute atomic E-state index is 0.218. The molecule has 0 aliphatic carbocycles. The van der Waals surface area contributed by atoms with Crippen molar-refractivity contribution in [1.82, 2.24) is 10.2 Å². The molecule has 5 nitrogen and oxygen atoms in total. The number of carbonyl (C=O) groups excluding carboxylic acids is 1. The van der Waals surface area contributed by atoms with Gasteiger partial charge in [0.25, 0.3) is 0 Å². The number of carbonyl (C=O) groups is 1. The van der Waals surface area contributed by atoms with Gasteiger partial charge in [0.15, 0.2) is 0 Å². The molecule has 0 aromatic heterocycles. The van der Waals surface area contributed by atoms with Crippen molar-refractivity contribution < 1.29 is 13.9 Å².